The molecule has 0 unspecified atom stereocenters. The third kappa shape index (κ3) is 7.96. The van der Waals surface area contributed by atoms with Crippen molar-refractivity contribution in [2.75, 3.05) is 0 Å². The van der Waals surface area contributed by atoms with Crippen LogP contribution in [0.25, 0.3) is 102 Å². The Kier molecular flexibility index (Phi) is 10.2. The summed E-state index contributed by atoms with van der Waals surface area (Å²) in [5.74, 6) is 3.30. The SMILES string of the molecule is Clc1ccccc1-c1nc(-c2ccccc2)nc(-c2ccccc2-c2cc(-c3cccc(-c4ccccc4)c3)cc(-c3nc(-c4ccccc4)nc(-c4ccccc4)n3)c2)n1. The molecule has 0 aliphatic rings. The van der Waals surface area contributed by atoms with Gasteiger partial charge in [-0.15, -0.1) is 0 Å². The Balaban J connectivity index is 1.20. The summed E-state index contributed by atoms with van der Waals surface area (Å²) >= 11 is 6.77. The molecule has 0 radical (unpaired) electrons. The maximum atomic E-state index is 6.77. The fraction of sp³-hybridized carbons (Fsp3) is 0. The van der Waals surface area contributed by atoms with Crippen molar-refractivity contribution in [3.05, 3.63) is 217 Å². The number of hydrogen-bond donors (Lipinski definition) is 0. The van der Waals surface area contributed by atoms with E-state index in [0.29, 0.717) is 40.0 Å². The third-order valence-corrected chi connectivity index (χ3v) is 10.8. The van der Waals surface area contributed by atoms with E-state index in [-0.39, 0.29) is 0 Å². The zero-order chi connectivity index (χ0) is 41.0. The second-order valence-electron chi connectivity index (χ2n) is 14.5. The molecule has 6 nitrogen and oxygen atoms in total. The number of nitrogens with zero attached hydrogens (tertiary/aromatic N) is 6. The first-order valence-electron chi connectivity index (χ1n) is 20.0. The predicted octanol–water partition coefficient (Wildman–Crippen LogP) is 13.7. The van der Waals surface area contributed by atoms with Crippen LogP contribution in [0.15, 0.2) is 212 Å². The third-order valence-electron chi connectivity index (χ3n) is 10.5. The molecule has 0 aliphatic carbocycles. The van der Waals surface area contributed by atoms with Gasteiger partial charge in [0, 0.05) is 33.4 Å². The normalized spacial score (nSPS) is 11.0. The van der Waals surface area contributed by atoms with Crippen molar-refractivity contribution in [3.8, 4) is 102 Å². The molecule has 0 atom stereocenters. The maximum absolute atomic E-state index is 6.77. The van der Waals surface area contributed by atoms with Gasteiger partial charge in [0.1, 0.15) is 0 Å². The van der Waals surface area contributed by atoms with Gasteiger partial charge < -0.3 is 0 Å². The van der Waals surface area contributed by atoms with Crippen LogP contribution in [0.4, 0.5) is 0 Å². The molecule has 2 aromatic heterocycles. The molecule has 8 aromatic carbocycles. The second-order valence-corrected chi connectivity index (χ2v) is 14.9. The van der Waals surface area contributed by atoms with Crippen LogP contribution in [0.5, 0.6) is 0 Å². The van der Waals surface area contributed by atoms with Gasteiger partial charge in [-0.1, -0.05) is 188 Å². The fourth-order valence-electron chi connectivity index (χ4n) is 7.43. The molecule has 61 heavy (non-hydrogen) atoms. The van der Waals surface area contributed by atoms with Crippen molar-refractivity contribution in [2.24, 2.45) is 0 Å². The summed E-state index contributed by atoms with van der Waals surface area (Å²) < 4.78 is 0. The molecule has 0 spiro atoms. The quantitative estimate of drug-likeness (QED) is 0.145. The smallest absolute Gasteiger partial charge is 0.165 e. The molecule has 0 N–H and O–H groups in total. The summed E-state index contributed by atoms with van der Waals surface area (Å²) in [6.45, 7) is 0. The van der Waals surface area contributed by atoms with Crippen LogP contribution in [0.3, 0.4) is 0 Å². The molecule has 288 valence electrons. The number of hydrogen-bond acceptors (Lipinski definition) is 6. The Morgan fingerprint density at radius 1 is 0.213 bits per heavy atom. The van der Waals surface area contributed by atoms with Gasteiger partial charge >= 0.3 is 0 Å². The van der Waals surface area contributed by atoms with E-state index in [4.69, 9.17) is 41.5 Å². The summed E-state index contributed by atoms with van der Waals surface area (Å²) in [5.41, 5.74) is 11.3. The van der Waals surface area contributed by atoms with Gasteiger partial charge in [0.2, 0.25) is 0 Å². The number of rotatable bonds is 9. The van der Waals surface area contributed by atoms with Crippen molar-refractivity contribution in [1.29, 1.82) is 0 Å². The molecule has 0 amide bonds. The zero-order valence-corrected chi connectivity index (χ0v) is 33.5. The first-order valence-corrected chi connectivity index (χ1v) is 20.4. The highest BCUT2D eigenvalue weighted by atomic mass is 35.5. The Morgan fingerprint density at radius 3 is 1.08 bits per heavy atom. The van der Waals surface area contributed by atoms with E-state index in [1.807, 2.05) is 133 Å². The van der Waals surface area contributed by atoms with Crippen molar-refractivity contribution in [3.63, 3.8) is 0 Å². The van der Waals surface area contributed by atoms with Gasteiger partial charge in [0.25, 0.3) is 0 Å². The fourth-order valence-corrected chi connectivity index (χ4v) is 7.65. The largest absolute Gasteiger partial charge is 0.208 e. The van der Waals surface area contributed by atoms with E-state index < -0.39 is 0 Å². The molecule has 0 fully saturated rings. The Morgan fingerprint density at radius 2 is 0.541 bits per heavy atom. The standard InChI is InChI=1S/C54H35ClN6/c55-48-31-16-15-30-47(48)54-60-51(39-24-11-4-12-25-39)59-53(61-54)46-29-14-13-28-45(46)43-33-42(41-27-17-26-40(32-41)36-18-5-1-6-19-36)34-44(35-43)52-57-49(37-20-7-2-8-21-37)56-50(58-52)38-22-9-3-10-23-38/h1-35H. The lowest BCUT2D eigenvalue weighted by Gasteiger charge is -2.15. The lowest BCUT2D eigenvalue weighted by molar-refractivity contribution is 1.07. The highest BCUT2D eigenvalue weighted by molar-refractivity contribution is 6.33. The minimum absolute atomic E-state index is 0.489. The Bertz CT molecular complexity index is 3080. The van der Waals surface area contributed by atoms with Crippen LogP contribution >= 0.6 is 11.6 Å². The molecule has 2 heterocycles. The average molecular weight is 803 g/mol. The van der Waals surface area contributed by atoms with Gasteiger partial charge in [-0.05, 0) is 69.8 Å². The highest BCUT2D eigenvalue weighted by Gasteiger charge is 2.20. The van der Waals surface area contributed by atoms with E-state index in [0.717, 1.165) is 66.8 Å². The molecule has 0 aliphatic heterocycles. The average Bonchev–Trinajstić information content (AvgIpc) is 3.35. The molecule has 10 aromatic rings. The number of benzene rings is 8. The lowest BCUT2D eigenvalue weighted by Crippen LogP contribution is -2.02. The topological polar surface area (TPSA) is 77.3 Å². The number of halogens is 1. The van der Waals surface area contributed by atoms with Crippen LogP contribution in [-0.2, 0) is 0 Å². The van der Waals surface area contributed by atoms with Gasteiger partial charge in [0.15, 0.2) is 34.9 Å². The summed E-state index contributed by atoms with van der Waals surface area (Å²) in [6, 6.07) is 71.5. The van der Waals surface area contributed by atoms with Gasteiger partial charge in [0.05, 0.1) is 5.02 Å². The maximum Gasteiger partial charge on any atom is 0.165 e. The molecule has 0 saturated carbocycles. The first-order chi connectivity index (χ1) is 30.1. The van der Waals surface area contributed by atoms with Gasteiger partial charge in [-0.2, -0.15) is 0 Å². The second kappa shape index (κ2) is 16.7. The Hall–Kier alpha value is -7.93. The molecule has 0 saturated heterocycles. The van der Waals surface area contributed by atoms with Crippen molar-refractivity contribution in [1.82, 2.24) is 29.9 Å². The van der Waals surface area contributed by atoms with E-state index in [1.165, 1.54) is 0 Å². The van der Waals surface area contributed by atoms with Crippen LogP contribution < -0.4 is 0 Å². The highest BCUT2D eigenvalue weighted by Crippen LogP contribution is 2.39. The Labute approximate surface area is 359 Å². The van der Waals surface area contributed by atoms with Crippen LogP contribution in [-0.4, -0.2) is 29.9 Å². The van der Waals surface area contributed by atoms with Crippen molar-refractivity contribution >= 4 is 11.6 Å². The van der Waals surface area contributed by atoms with E-state index >= 15 is 0 Å². The zero-order valence-electron chi connectivity index (χ0n) is 32.8. The minimum atomic E-state index is 0.489. The van der Waals surface area contributed by atoms with Crippen LogP contribution in [0.2, 0.25) is 5.02 Å². The summed E-state index contributed by atoms with van der Waals surface area (Å²) in [5, 5.41) is 0.559. The van der Waals surface area contributed by atoms with Crippen LogP contribution in [0.1, 0.15) is 0 Å². The van der Waals surface area contributed by atoms with Gasteiger partial charge in [-0.25, -0.2) is 29.9 Å². The monoisotopic (exact) mass is 802 g/mol. The summed E-state index contributed by atoms with van der Waals surface area (Å²) in [7, 11) is 0. The van der Waals surface area contributed by atoms with Crippen LogP contribution in [0, 0.1) is 0 Å². The molecular formula is C54H35ClN6. The molecule has 7 heteroatoms. The molecular weight excluding hydrogens is 768 g/mol. The lowest BCUT2D eigenvalue weighted by atomic mass is 9.92. The minimum Gasteiger partial charge on any atom is -0.208 e. The van der Waals surface area contributed by atoms with Crippen molar-refractivity contribution in [2.45, 2.75) is 0 Å². The van der Waals surface area contributed by atoms with E-state index in [9.17, 15) is 0 Å². The first kappa shape index (κ1) is 37.3. The molecule has 0 bridgehead atoms. The van der Waals surface area contributed by atoms with E-state index in [1.54, 1.807) is 0 Å². The predicted molar refractivity (Wildman–Crippen MR) is 247 cm³/mol. The molecule has 10 rings (SSSR count). The summed E-state index contributed by atoms with van der Waals surface area (Å²) in [6.07, 6.45) is 0. The van der Waals surface area contributed by atoms with Crippen molar-refractivity contribution < 1.29 is 0 Å². The van der Waals surface area contributed by atoms with E-state index in [2.05, 4.69) is 78.9 Å². The summed E-state index contributed by atoms with van der Waals surface area (Å²) in [4.78, 5) is 30.4. The van der Waals surface area contributed by atoms with Gasteiger partial charge in [-0.3, -0.25) is 0 Å². The number of aromatic nitrogens is 6.